The lowest BCUT2D eigenvalue weighted by atomic mass is 9.98. The highest BCUT2D eigenvalue weighted by Gasteiger charge is 2.16. The van der Waals surface area contributed by atoms with Crippen molar-refractivity contribution >= 4 is 34.2 Å². The van der Waals surface area contributed by atoms with Crippen molar-refractivity contribution in [1.29, 1.82) is 0 Å². The standard InChI is InChI=1S/C25H20Cl2O3/c1-15-18-11-12-23(29-14-20-21(26)9-6-10-22(20)27)16(2)24(18)30-25(28)19(15)13-17-7-4-3-5-8-17/h3-12H,13-14H2,1-2H3. The number of aryl methyl sites for hydroxylation is 2. The first-order valence-electron chi connectivity index (χ1n) is 9.61. The predicted octanol–water partition coefficient (Wildman–Crippen LogP) is 6.89. The number of fused-ring (bicyclic) bond motifs is 1. The fourth-order valence-electron chi connectivity index (χ4n) is 3.55. The van der Waals surface area contributed by atoms with E-state index in [2.05, 4.69) is 0 Å². The van der Waals surface area contributed by atoms with E-state index in [0.717, 1.165) is 27.6 Å². The van der Waals surface area contributed by atoms with Gasteiger partial charge in [-0.05, 0) is 49.2 Å². The molecule has 5 heteroatoms. The Morgan fingerprint density at radius 2 is 1.53 bits per heavy atom. The van der Waals surface area contributed by atoms with Crippen LogP contribution < -0.4 is 10.4 Å². The Hall–Kier alpha value is -2.75. The van der Waals surface area contributed by atoms with E-state index in [-0.39, 0.29) is 12.2 Å². The van der Waals surface area contributed by atoms with E-state index in [0.29, 0.717) is 33.4 Å². The van der Waals surface area contributed by atoms with Crippen LogP contribution >= 0.6 is 23.2 Å². The van der Waals surface area contributed by atoms with Gasteiger partial charge in [-0.25, -0.2) is 4.79 Å². The van der Waals surface area contributed by atoms with Crippen molar-refractivity contribution in [3.63, 3.8) is 0 Å². The third-order valence-electron chi connectivity index (χ3n) is 5.31. The Morgan fingerprint density at radius 3 is 2.23 bits per heavy atom. The summed E-state index contributed by atoms with van der Waals surface area (Å²) in [5.74, 6) is 0.622. The van der Waals surface area contributed by atoms with Gasteiger partial charge in [0.25, 0.3) is 0 Å². The maximum atomic E-state index is 12.7. The molecule has 0 bridgehead atoms. The quantitative estimate of drug-likeness (QED) is 0.318. The second-order valence-corrected chi connectivity index (χ2v) is 8.02. The van der Waals surface area contributed by atoms with E-state index in [1.165, 1.54) is 0 Å². The molecular weight excluding hydrogens is 419 g/mol. The van der Waals surface area contributed by atoms with Gasteiger partial charge in [0.15, 0.2) is 0 Å². The topological polar surface area (TPSA) is 39.4 Å². The molecule has 0 unspecified atom stereocenters. The van der Waals surface area contributed by atoms with Crippen LogP contribution in [-0.2, 0) is 13.0 Å². The molecule has 0 radical (unpaired) electrons. The molecule has 0 amide bonds. The molecule has 0 spiro atoms. The Balaban J connectivity index is 1.69. The molecule has 4 rings (SSSR count). The Labute approximate surface area is 184 Å². The second kappa shape index (κ2) is 8.55. The third kappa shape index (κ3) is 3.96. The van der Waals surface area contributed by atoms with E-state index >= 15 is 0 Å². The van der Waals surface area contributed by atoms with E-state index in [9.17, 15) is 4.79 Å². The van der Waals surface area contributed by atoms with Crippen LogP contribution in [0.4, 0.5) is 0 Å². The molecule has 1 heterocycles. The van der Waals surface area contributed by atoms with Crippen LogP contribution in [0, 0.1) is 13.8 Å². The Kier molecular flexibility index (Phi) is 5.85. The number of benzene rings is 3. The largest absolute Gasteiger partial charge is 0.488 e. The lowest BCUT2D eigenvalue weighted by Gasteiger charge is -2.14. The van der Waals surface area contributed by atoms with Gasteiger partial charge >= 0.3 is 5.63 Å². The second-order valence-electron chi connectivity index (χ2n) is 7.21. The number of ether oxygens (including phenoxy) is 1. The first-order chi connectivity index (χ1) is 14.5. The number of rotatable bonds is 5. The maximum Gasteiger partial charge on any atom is 0.340 e. The van der Waals surface area contributed by atoms with Gasteiger partial charge in [-0.2, -0.15) is 0 Å². The molecule has 0 atom stereocenters. The highest BCUT2D eigenvalue weighted by atomic mass is 35.5. The monoisotopic (exact) mass is 438 g/mol. The zero-order chi connectivity index (χ0) is 21.3. The van der Waals surface area contributed by atoms with Crippen molar-refractivity contribution < 1.29 is 9.15 Å². The van der Waals surface area contributed by atoms with Gasteiger partial charge in [-0.1, -0.05) is 59.6 Å². The average Bonchev–Trinajstić information content (AvgIpc) is 2.73. The zero-order valence-corrected chi connectivity index (χ0v) is 18.2. The summed E-state index contributed by atoms with van der Waals surface area (Å²) >= 11 is 12.5. The molecule has 3 nitrogen and oxygen atoms in total. The molecule has 0 aliphatic heterocycles. The molecule has 152 valence electrons. The van der Waals surface area contributed by atoms with Gasteiger partial charge in [0.1, 0.15) is 17.9 Å². The van der Waals surface area contributed by atoms with Crippen molar-refractivity contribution in [2.24, 2.45) is 0 Å². The molecule has 1 aromatic heterocycles. The van der Waals surface area contributed by atoms with Crippen molar-refractivity contribution in [2.75, 3.05) is 0 Å². The summed E-state index contributed by atoms with van der Waals surface area (Å²) in [6.45, 7) is 4.06. The van der Waals surface area contributed by atoms with Crippen LogP contribution in [0.2, 0.25) is 10.0 Å². The van der Waals surface area contributed by atoms with Crippen LogP contribution in [0.25, 0.3) is 11.0 Å². The van der Waals surface area contributed by atoms with Crippen molar-refractivity contribution in [3.05, 3.63) is 109 Å². The minimum atomic E-state index is -0.321. The van der Waals surface area contributed by atoms with Gasteiger partial charge in [-0.3, -0.25) is 0 Å². The summed E-state index contributed by atoms with van der Waals surface area (Å²) in [7, 11) is 0. The average molecular weight is 439 g/mol. The van der Waals surface area contributed by atoms with Crippen LogP contribution in [0.3, 0.4) is 0 Å². The fourth-order valence-corrected chi connectivity index (χ4v) is 4.06. The molecule has 4 aromatic rings. The van der Waals surface area contributed by atoms with Crippen LogP contribution in [-0.4, -0.2) is 0 Å². The summed E-state index contributed by atoms with van der Waals surface area (Å²) in [6, 6.07) is 19.1. The van der Waals surface area contributed by atoms with Gasteiger partial charge in [0, 0.05) is 38.5 Å². The molecule has 0 aliphatic rings. The first kappa shape index (κ1) is 20.5. The molecule has 0 aliphatic carbocycles. The van der Waals surface area contributed by atoms with E-state index in [1.807, 2.05) is 56.3 Å². The SMILES string of the molecule is Cc1c(Cc2ccccc2)c(=O)oc2c(C)c(OCc3c(Cl)cccc3Cl)ccc12. The van der Waals surface area contributed by atoms with E-state index in [4.69, 9.17) is 32.4 Å². The Morgan fingerprint density at radius 1 is 0.833 bits per heavy atom. The van der Waals surface area contributed by atoms with Crippen molar-refractivity contribution in [2.45, 2.75) is 26.9 Å². The normalized spacial score (nSPS) is 11.1. The Bertz CT molecular complexity index is 1260. The highest BCUT2D eigenvalue weighted by Crippen LogP contribution is 2.32. The fraction of sp³-hybridized carbons (Fsp3) is 0.160. The zero-order valence-electron chi connectivity index (χ0n) is 16.7. The summed E-state index contributed by atoms with van der Waals surface area (Å²) < 4.78 is 11.7. The van der Waals surface area contributed by atoms with Gasteiger partial charge in [-0.15, -0.1) is 0 Å². The highest BCUT2D eigenvalue weighted by molar-refractivity contribution is 6.35. The molecule has 0 saturated carbocycles. The molecule has 0 saturated heterocycles. The molecule has 0 fully saturated rings. The summed E-state index contributed by atoms with van der Waals surface area (Å²) in [4.78, 5) is 12.7. The molecule has 30 heavy (non-hydrogen) atoms. The minimum absolute atomic E-state index is 0.222. The van der Waals surface area contributed by atoms with Crippen LogP contribution in [0.1, 0.15) is 27.8 Å². The summed E-state index contributed by atoms with van der Waals surface area (Å²) in [6.07, 6.45) is 0.535. The summed E-state index contributed by atoms with van der Waals surface area (Å²) in [5.41, 5.74) is 4.37. The van der Waals surface area contributed by atoms with Gasteiger partial charge in [0.05, 0.1) is 0 Å². The van der Waals surface area contributed by atoms with Crippen LogP contribution in [0.15, 0.2) is 69.9 Å². The van der Waals surface area contributed by atoms with Crippen LogP contribution in [0.5, 0.6) is 5.75 Å². The van der Waals surface area contributed by atoms with Gasteiger partial charge < -0.3 is 9.15 Å². The molecular formula is C25H20Cl2O3. The number of hydrogen-bond acceptors (Lipinski definition) is 3. The molecule has 0 N–H and O–H groups in total. The molecule has 3 aromatic carbocycles. The summed E-state index contributed by atoms with van der Waals surface area (Å²) in [5, 5.41) is 2.00. The van der Waals surface area contributed by atoms with Crippen molar-refractivity contribution in [1.82, 2.24) is 0 Å². The smallest absolute Gasteiger partial charge is 0.340 e. The number of halogens is 2. The predicted molar refractivity (Wildman–Crippen MR) is 122 cm³/mol. The lowest BCUT2D eigenvalue weighted by molar-refractivity contribution is 0.304. The lowest BCUT2D eigenvalue weighted by Crippen LogP contribution is -2.11. The van der Waals surface area contributed by atoms with E-state index in [1.54, 1.807) is 18.2 Å². The van der Waals surface area contributed by atoms with Gasteiger partial charge in [0.2, 0.25) is 0 Å². The minimum Gasteiger partial charge on any atom is -0.488 e. The maximum absolute atomic E-state index is 12.7. The number of hydrogen-bond donors (Lipinski definition) is 0. The first-order valence-corrected chi connectivity index (χ1v) is 10.4. The third-order valence-corrected chi connectivity index (χ3v) is 6.02. The van der Waals surface area contributed by atoms with E-state index < -0.39 is 0 Å². The van der Waals surface area contributed by atoms with Crippen molar-refractivity contribution in [3.8, 4) is 5.75 Å².